The topological polar surface area (TPSA) is 141 Å². The van der Waals surface area contributed by atoms with Crippen molar-refractivity contribution in [1.29, 1.82) is 0 Å². The molecule has 3 saturated carbocycles. The largest absolute Gasteiger partial charge is 1.00 e. The summed E-state index contributed by atoms with van der Waals surface area (Å²) in [5.74, 6) is -2.53. The van der Waals surface area contributed by atoms with Gasteiger partial charge in [0.05, 0.1) is 12.5 Å². The van der Waals surface area contributed by atoms with E-state index in [1.165, 1.54) is 0 Å². The molecule has 0 saturated heterocycles. The Morgan fingerprint density at radius 1 is 1.15 bits per heavy atom. The molecule has 1 unspecified atom stereocenters. The van der Waals surface area contributed by atoms with Crippen molar-refractivity contribution in [2.45, 2.75) is 83.3 Å². The zero-order valence-corrected chi connectivity index (χ0v) is 22.3. The smallest absolute Gasteiger partial charge is 0.550 e. The van der Waals surface area contributed by atoms with E-state index in [0.29, 0.717) is 19.3 Å². The molecule has 7 atom stereocenters. The first-order valence-corrected chi connectivity index (χ1v) is 12.0. The number of hydrogen-bond acceptors (Lipinski definition) is 8. The van der Waals surface area contributed by atoms with Gasteiger partial charge in [0.25, 0.3) is 0 Å². The van der Waals surface area contributed by atoms with Crippen molar-refractivity contribution in [3.63, 3.8) is 0 Å². The Labute approximate surface area is 221 Å². The van der Waals surface area contributed by atoms with Crippen molar-refractivity contribution >= 4 is 23.5 Å². The number of aliphatic hydroxyl groups excluding tert-OH is 1. The third-order valence-corrected chi connectivity index (χ3v) is 9.41. The fourth-order valence-electron chi connectivity index (χ4n) is 7.69. The van der Waals surface area contributed by atoms with Crippen LogP contribution in [-0.2, 0) is 23.9 Å². The minimum Gasteiger partial charge on any atom is -0.550 e. The molecule has 0 aliphatic heterocycles. The summed E-state index contributed by atoms with van der Waals surface area (Å²) in [5.41, 5.74) is -1.71. The number of Topliss-reactive ketones (excluding diaryl/α,β-unsaturated/α-hetero) is 1. The minimum absolute atomic E-state index is 0. The maximum Gasteiger partial charge on any atom is 1.00 e. The molecule has 0 aromatic carbocycles. The van der Waals surface area contributed by atoms with Crippen molar-refractivity contribution in [2.75, 3.05) is 6.61 Å². The third kappa shape index (κ3) is 4.34. The van der Waals surface area contributed by atoms with Crippen LogP contribution in [0, 0.1) is 28.6 Å². The Balaban J connectivity index is 0.00000324. The second kappa shape index (κ2) is 9.77. The van der Waals surface area contributed by atoms with Crippen LogP contribution in [0.25, 0.3) is 0 Å². The Morgan fingerprint density at radius 3 is 2.53 bits per heavy atom. The van der Waals surface area contributed by atoms with E-state index < -0.39 is 54.3 Å². The third-order valence-electron chi connectivity index (χ3n) is 9.41. The van der Waals surface area contributed by atoms with Gasteiger partial charge in [-0.3, -0.25) is 14.4 Å². The zero-order chi connectivity index (χ0) is 24.2. The number of aliphatic carboxylic acids is 1. The van der Waals surface area contributed by atoms with Gasteiger partial charge >= 0.3 is 35.5 Å². The number of rotatable bonds is 6. The number of allylic oxidation sites excluding steroid dienone is 1. The Kier molecular flexibility index (Phi) is 7.91. The van der Waals surface area contributed by atoms with Crippen molar-refractivity contribution in [1.82, 2.24) is 0 Å². The summed E-state index contributed by atoms with van der Waals surface area (Å²) in [7, 11) is 0. The van der Waals surface area contributed by atoms with Gasteiger partial charge in [0.2, 0.25) is 5.78 Å². The summed E-state index contributed by atoms with van der Waals surface area (Å²) >= 11 is 0. The SMILES string of the molecule is C[C@]12CCC(=O)C=C1CCC1[C@@H]2[C@@H](O)C[C@@]2(C)[C@H]1CC[C@]2(O)C(=O)COC(=O)CCC(=O)[O-].[Na+]. The summed E-state index contributed by atoms with van der Waals surface area (Å²) in [6, 6.07) is 0. The zero-order valence-electron chi connectivity index (χ0n) is 20.3. The normalized spacial score (nSPS) is 40.7. The first kappa shape index (κ1) is 27.5. The van der Waals surface area contributed by atoms with Gasteiger partial charge in [-0.15, -0.1) is 0 Å². The number of fused-ring (bicyclic) bond motifs is 5. The number of carbonyl (C=O) groups excluding carboxylic acids is 4. The molecule has 0 aromatic heterocycles. The van der Waals surface area contributed by atoms with Crippen LogP contribution in [0.3, 0.4) is 0 Å². The first-order chi connectivity index (χ1) is 15.4. The molecule has 34 heavy (non-hydrogen) atoms. The molecule has 9 heteroatoms. The number of esters is 1. The van der Waals surface area contributed by atoms with Gasteiger partial charge < -0.3 is 24.9 Å². The summed E-state index contributed by atoms with van der Waals surface area (Å²) in [6.07, 6.45) is 4.07. The van der Waals surface area contributed by atoms with Crippen molar-refractivity contribution < 1.29 is 68.8 Å². The predicted molar refractivity (Wildman–Crippen MR) is 113 cm³/mol. The summed E-state index contributed by atoms with van der Waals surface area (Å²) in [4.78, 5) is 47.3. The van der Waals surface area contributed by atoms with E-state index in [0.717, 1.165) is 18.4 Å². The van der Waals surface area contributed by atoms with Gasteiger partial charge in [-0.2, -0.15) is 0 Å². The maximum atomic E-state index is 13.1. The van der Waals surface area contributed by atoms with Gasteiger partial charge in [0, 0.05) is 17.8 Å². The first-order valence-electron chi connectivity index (χ1n) is 12.0. The quantitative estimate of drug-likeness (QED) is 0.322. The van der Waals surface area contributed by atoms with Gasteiger partial charge in [-0.25, -0.2) is 0 Å². The van der Waals surface area contributed by atoms with Crippen LogP contribution < -0.4 is 34.7 Å². The Bertz CT molecular complexity index is 915. The summed E-state index contributed by atoms with van der Waals surface area (Å²) in [5, 5.41) is 33.4. The number of aliphatic hydroxyl groups is 2. The van der Waals surface area contributed by atoms with Gasteiger partial charge in [-0.1, -0.05) is 19.4 Å². The molecule has 182 valence electrons. The molecular formula is C25H33NaO8. The Morgan fingerprint density at radius 2 is 1.85 bits per heavy atom. The molecule has 3 fully saturated rings. The average Bonchev–Trinajstić information content (AvgIpc) is 3.02. The maximum absolute atomic E-state index is 13.1. The molecule has 0 bridgehead atoms. The Hall–Kier alpha value is -1.06. The average molecular weight is 485 g/mol. The van der Waals surface area contributed by atoms with Crippen LogP contribution >= 0.6 is 0 Å². The number of carboxylic acids is 1. The number of ether oxygens (including phenoxy) is 1. The van der Waals surface area contributed by atoms with E-state index >= 15 is 0 Å². The second-order valence-corrected chi connectivity index (χ2v) is 10.9. The van der Waals surface area contributed by atoms with Crippen molar-refractivity contribution in [3.8, 4) is 0 Å². The molecule has 8 nitrogen and oxygen atoms in total. The molecule has 0 heterocycles. The van der Waals surface area contributed by atoms with E-state index in [-0.39, 0.29) is 71.4 Å². The van der Waals surface area contributed by atoms with Crippen LogP contribution in [0.1, 0.15) is 71.6 Å². The van der Waals surface area contributed by atoms with E-state index in [4.69, 9.17) is 4.74 Å². The van der Waals surface area contributed by atoms with Crippen molar-refractivity contribution in [3.05, 3.63) is 11.6 Å². The second-order valence-electron chi connectivity index (χ2n) is 10.9. The van der Waals surface area contributed by atoms with Crippen LogP contribution in [0.5, 0.6) is 0 Å². The van der Waals surface area contributed by atoms with Crippen LogP contribution in [-0.4, -0.2) is 52.0 Å². The molecule has 0 amide bonds. The summed E-state index contributed by atoms with van der Waals surface area (Å²) in [6.45, 7) is 3.38. The van der Waals surface area contributed by atoms with Gasteiger partial charge in [0.1, 0.15) is 5.60 Å². The van der Waals surface area contributed by atoms with E-state index in [1.54, 1.807) is 6.08 Å². The molecule has 4 aliphatic carbocycles. The molecule has 4 aliphatic rings. The minimum atomic E-state index is -1.72. The van der Waals surface area contributed by atoms with Gasteiger partial charge in [0.15, 0.2) is 12.4 Å². The van der Waals surface area contributed by atoms with Crippen LogP contribution in [0.2, 0.25) is 0 Å². The van der Waals surface area contributed by atoms with Crippen LogP contribution in [0.4, 0.5) is 0 Å². The number of hydrogen-bond donors (Lipinski definition) is 2. The van der Waals surface area contributed by atoms with E-state index in [1.807, 2.05) is 6.92 Å². The van der Waals surface area contributed by atoms with E-state index in [9.17, 15) is 34.5 Å². The fraction of sp³-hybridized carbons (Fsp3) is 0.760. The standard InChI is InChI=1S/C25H34O8.Na/c1-23-9-7-15(26)11-14(23)3-4-16-17-8-10-25(32,24(17,2)12-18(27)22(16)23)19(28)13-33-21(31)6-5-20(29)30;/h11,16-18,22,27,32H,3-10,12-13H2,1-2H3,(H,29,30);/q;+1/p-1/t16?,17-,18-,22+,23-,24-,25-;/m0./s1. The van der Waals surface area contributed by atoms with Crippen LogP contribution in [0.15, 0.2) is 11.6 Å². The molecule has 0 spiro atoms. The summed E-state index contributed by atoms with van der Waals surface area (Å²) < 4.78 is 4.95. The molecular weight excluding hydrogens is 451 g/mol. The molecule has 0 aromatic rings. The predicted octanol–water partition coefficient (Wildman–Crippen LogP) is -2.13. The molecule has 2 N–H and O–H groups in total. The van der Waals surface area contributed by atoms with Crippen molar-refractivity contribution in [2.24, 2.45) is 28.6 Å². The van der Waals surface area contributed by atoms with E-state index in [2.05, 4.69) is 6.92 Å². The number of carboxylic acid groups (broad SMARTS) is 1. The number of ketones is 2. The van der Waals surface area contributed by atoms with Gasteiger partial charge in [-0.05, 0) is 74.2 Å². The number of carbonyl (C=O) groups is 4. The molecule has 4 rings (SSSR count). The fourth-order valence-corrected chi connectivity index (χ4v) is 7.69. The molecule has 0 radical (unpaired) electrons. The monoisotopic (exact) mass is 484 g/mol.